The molecule has 0 nitrogen and oxygen atoms in total. The molecule has 0 aliphatic carbocycles. The zero-order valence-corrected chi connectivity index (χ0v) is 9.10. The Morgan fingerprint density at radius 1 is 1.00 bits per heavy atom. The third kappa shape index (κ3) is 3.22. The highest BCUT2D eigenvalue weighted by Crippen LogP contribution is 2.02. The van der Waals surface area contributed by atoms with Crippen molar-refractivity contribution in [1.29, 1.82) is 0 Å². The van der Waals surface area contributed by atoms with Gasteiger partial charge in [0.15, 0.2) is 0 Å². The van der Waals surface area contributed by atoms with Crippen LogP contribution in [0.25, 0.3) is 0 Å². The lowest BCUT2D eigenvalue weighted by molar-refractivity contribution is 1.54. The quantitative estimate of drug-likeness (QED) is 0.490. The molecular formula is C12H15Al. The zero-order valence-electron chi connectivity index (χ0n) is 7.95. The van der Waals surface area contributed by atoms with Gasteiger partial charge in [-0.2, -0.15) is 0 Å². The fourth-order valence-electron chi connectivity index (χ4n) is 1.50. The van der Waals surface area contributed by atoms with E-state index in [2.05, 4.69) is 43.5 Å². The number of benzene rings is 1. The first-order chi connectivity index (χ1) is 6.38. The minimum atomic E-state index is -0.828. The van der Waals surface area contributed by atoms with E-state index >= 15 is 0 Å². The van der Waals surface area contributed by atoms with E-state index in [1.165, 1.54) is 4.43 Å². The van der Waals surface area contributed by atoms with E-state index in [-0.39, 0.29) is 0 Å². The van der Waals surface area contributed by atoms with Crippen LogP contribution >= 0.6 is 0 Å². The van der Waals surface area contributed by atoms with Crippen LogP contribution < -0.4 is 4.43 Å². The summed E-state index contributed by atoms with van der Waals surface area (Å²) in [5.74, 6) is 0. The molecule has 0 saturated carbocycles. The van der Waals surface area contributed by atoms with Gasteiger partial charge in [-0.3, -0.25) is 0 Å². The van der Waals surface area contributed by atoms with Gasteiger partial charge in [-0.1, -0.05) is 40.9 Å². The highest BCUT2D eigenvalue weighted by Gasteiger charge is 2.15. The monoisotopic (exact) mass is 186 g/mol. The molecule has 0 amide bonds. The van der Waals surface area contributed by atoms with Crippen molar-refractivity contribution < 1.29 is 0 Å². The van der Waals surface area contributed by atoms with Gasteiger partial charge in [0.25, 0.3) is 0 Å². The first-order valence-corrected chi connectivity index (χ1v) is 6.86. The minimum absolute atomic E-state index is 0.828. The molecule has 1 aromatic rings. The lowest BCUT2D eigenvalue weighted by atomic mass is 10.4. The highest BCUT2D eigenvalue weighted by molar-refractivity contribution is 6.73. The van der Waals surface area contributed by atoms with Gasteiger partial charge in [-0.15, -0.1) is 29.7 Å². The van der Waals surface area contributed by atoms with Gasteiger partial charge in [-0.25, -0.2) is 0 Å². The van der Waals surface area contributed by atoms with Gasteiger partial charge in [0.05, 0.1) is 0 Å². The molecule has 0 saturated heterocycles. The van der Waals surface area contributed by atoms with Crippen LogP contribution in [0, 0.1) is 0 Å². The molecule has 0 unspecified atom stereocenters. The van der Waals surface area contributed by atoms with Crippen molar-refractivity contribution >= 4 is 18.6 Å². The number of allylic oxidation sites excluding steroid dienone is 2. The smallest absolute Gasteiger partial charge is 0.110 e. The van der Waals surface area contributed by atoms with Gasteiger partial charge >= 0.3 is 14.1 Å². The van der Waals surface area contributed by atoms with E-state index in [0.717, 1.165) is 10.6 Å². The SMILES string of the molecule is C=C[CH2][Al]([CH2]C=C)[c]1ccccc1. The Morgan fingerprint density at radius 3 is 2.00 bits per heavy atom. The van der Waals surface area contributed by atoms with Crippen molar-refractivity contribution in [2.45, 2.75) is 10.6 Å². The summed E-state index contributed by atoms with van der Waals surface area (Å²) < 4.78 is 1.52. The lowest BCUT2D eigenvalue weighted by Crippen LogP contribution is -2.28. The summed E-state index contributed by atoms with van der Waals surface area (Å²) in [6, 6.07) is 10.7. The molecule has 13 heavy (non-hydrogen) atoms. The van der Waals surface area contributed by atoms with E-state index in [1.54, 1.807) is 0 Å². The van der Waals surface area contributed by atoms with Gasteiger partial charge in [-0.05, 0) is 0 Å². The Balaban J connectivity index is 2.75. The van der Waals surface area contributed by atoms with Gasteiger partial charge in [0.1, 0.15) is 0 Å². The third-order valence-electron chi connectivity index (χ3n) is 2.17. The maximum Gasteiger partial charge on any atom is 0.313 e. The highest BCUT2D eigenvalue weighted by atomic mass is 27.2. The van der Waals surface area contributed by atoms with E-state index < -0.39 is 14.1 Å². The second-order valence-electron chi connectivity index (χ2n) is 3.16. The zero-order chi connectivity index (χ0) is 9.52. The Kier molecular flexibility index (Phi) is 4.61. The molecule has 0 aliphatic heterocycles. The molecule has 0 aliphatic rings. The Labute approximate surface area is 85.0 Å². The normalized spacial score (nSPS) is 9.23. The standard InChI is InChI=1S/C6H5.2C3H5.Al/c1-2-4-6-5-3-1;2*1-3-2;/h1-5H;2*3H,1-2H2;. The molecule has 66 valence electrons. The van der Waals surface area contributed by atoms with Crippen LogP contribution in [0.1, 0.15) is 0 Å². The van der Waals surface area contributed by atoms with Crippen molar-refractivity contribution in [3.63, 3.8) is 0 Å². The van der Waals surface area contributed by atoms with Gasteiger partial charge in [0.2, 0.25) is 0 Å². The third-order valence-corrected chi connectivity index (χ3v) is 5.31. The van der Waals surface area contributed by atoms with E-state index in [1.807, 2.05) is 12.2 Å². The van der Waals surface area contributed by atoms with Crippen LogP contribution in [0.3, 0.4) is 0 Å². The summed E-state index contributed by atoms with van der Waals surface area (Å²) in [7, 11) is 0. The van der Waals surface area contributed by atoms with E-state index in [0.29, 0.717) is 0 Å². The average Bonchev–Trinajstić information content (AvgIpc) is 2.19. The average molecular weight is 186 g/mol. The van der Waals surface area contributed by atoms with E-state index in [9.17, 15) is 0 Å². The second-order valence-corrected chi connectivity index (χ2v) is 6.16. The molecule has 0 bridgehead atoms. The van der Waals surface area contributed by atoms with Crippen LogP contribution in [0.2, 0.25) is 10.6 Å². The fraction of sp³-hybridized carbons (Fsp3) is 0.167. The largest absolute Gasteiger partial charge is 0.313 e. The lowest BCUT2D eigenvalue weighted by Gasteiger charge is -2.06. The second kappa shape index (κ2) is 5.81. The molecular weight excluding hydrogens is 171 g/mol. The Morgan fingerprint density at radius 2 is 1.54 bits per heavy atom. The predicted octanol–water partition coefficient (Wildman–Crippen LogP) is 2.76. The molecule has 0 aromatic heterocycles. The van der Waals surface area contributed by atoms with E-state index in [4.69, 9.17) is 0 Å². The summed E-state index contributed by atoms with van der Waals surface area (Å²) >= 11 is -0.828. The molecule has 0 radical (unpaired) electrons. The number of rotatable bonds is 5. The molecule has 1 heteroatoms. The first-order valence-electron chi connectivity index (χ1n) is 4.65. The van der Waals surface area contributed by atoms with Crippen LogP contribution in [-0.2, 0) is 0 Å². The molecule has 1 rings (SSSR count). The topological polar surface area (TPSA) is 0 Å². The molecule has 0 N–H and O–H groups in total. The van der Waals surface area contributed by atoms with Crippen LogP contribution in [-0.4, -0.2) is 14.1 Å². The molecule has 0 spiro atoms. The van der Waals surface area contributed by atoms with Gasteiger partial charge in [0, 0.05) is 0 Å². The number of hydrogen-bond acceptors (Lipinski definition) is 0. The maximum atomic E-state index is 3.81. The van der Waals surface area contributed by atoms with Crippen LogP contribution in [0.4, 0.5) is 0 Å². The van der Waals surface area contributed by atoms with Gasteiger partial charge < -0.3 is 0 Å². The molecule has 0 heterocycles. The number of hydrogen-bond donors (Lipinski definition) is 0. The summed E-state index contributed by atoms with van der Waals surface area (Å²) in [6.45, 7) is 7.62. The molecule has 0 atom stereocenters. The summed E-state index contributed by atoms with van der Waals surface area (Å²) in [6.07, 6.45) is 4.07. The predicted molar refractivity (Wildman–Crippen MR) is 61.8 cm³/mol. The van der Waals surface area contributed by atoms with Crippen molar-refractivity contribution in [1.82, 2.24) is 0 Å². The van der Waals surface area contributed by atoms with Crippen LogP contribution in [0.15, 0.2) is 55.6 Å². The first kappa shape index (κ1) is 10.3. The maximum absolute atomic E-state index is 3.81. The van der Waals surface area contributed by atoms with Crippen molar-refractivity contribution in [3.8, 4) is 0 Å². The minimum Gasteiger partial charge on any atom is -0.110 e. The molecule has 1 aromatic carbocycles. The summed E-state index contributed by atoms with van der Waals surface area (Å²) in [5, 5.41) is 2.33. The fourth-order valence-corrected chi connectivity index (χ4v) is 3.80. The van der Waals surface area contributed by atoms with Crippen LogP contribution in [0.5, 0.6) is 0 Å². The van der Waals surface area contributed by atoms with Crippen molar-refractivity contribution in [2.75, 3.05) is 0 Å². The Bertz CT molecular complexity index is 254. The Hall–Kier alpha value is -0.768. The van der Waals surface area contributed by atoms with Crippen molar-refractivity contribution in [2.24, 2.45) is 0 Å². The molecule has 0 fully saturated rings. The van der Waals surface area contributed by atoms with Crippen molar-refractivity contribution in [3.05, 3.63) is 55.6 Å². The summed E-state index contributed by atoms with van der Waals surface area (Å²) in [4.78, 5) is 0. The summed E-state index contributed by atoms with van der Waals surface area (Å²) in [5.41, 5.74) is 0.